The van der Waals surface area contributed by atoms with E-state index >= 15 is 0 Å². The Kier molecular flexibility index (Phi) is 4.64. The molecule has 0 bridgehead atoms. The van der Waals surface area contributed by atoms with Crippen LogP contribution in [-0.4, -0.2) is 38.5 Å². The van der Waals surface area contributed by atoms with Crippen LogP contribution in [0.5, 0.6) is 5.75 Å². The van der Waals surface area contributed by atoms with Gasteiger partial charge in [0.05, 0.1) is 19.8 Å². The number of ether oxygens (including phenoxy) is 1. The van der Waals surface area contributed by atoms with Crippen molar-refractivity contribution in [3.05, 3.63) is 23.8 Å². The summed E-state index contributed by atoms with van der Waals surface area (Å²) in [6, 6.07) is 5.45. The minimum absolute atomic E-state index is 0.230. The molecule has 88 valence electrons. The van der Waals surface area contributed by atoms with Crippen molar-refractivity contribution in [2.24, 2.45) is 0 Å². The zero-order chi connectivity index (χ0) is 12.1. The zero-order valence-electron chi connectivity index (χ0n) is 9.81. The molecule has 0 fully saturated rings. The Labute approximate surface area is 99.5 Å². The third-order valence-corrected chi connectivity index (χ3v) is 2.92. The van der Waals surface area contributed by atoms with E-state index in [4.69, 9.17) is 9.57 Å². The Morgan fingerprint density at radius 2 is 2.06 bits per heavy atom. The van der Waals surface area contributed by atoms with E-state index in [2.05, 4.69) is 0 Å². The van der Waals surface area contributed by atoms with E-state index in [1.807, 2.05) is 18.4 Å². The van der Waals surface area contributed by atoms with Crippen LogP contribution in [0.3, 0.4) is 0 Å². The Morgan fingerprint density at radius 1 is 1.38 bits per heavy atom. The van der Waals surface area contributed by atoms with Gasteiger partial charge in [-0.1, -0.05) is 0 Å². The molecule has 0 aliphatic rings. The van der Waals surface area contributed by atoms with Crippen LogP contribution in [-0.2, 0) is 4.84 Å². The summed E-state index contributed by atoms with van der Waals surface area (Å²) >= 11 is 1.60. The topological polar surface area (TPSA) is 38.8 Å². The fraction of sp³-hybridized carbons (Fsp3) is 0.364. The largest absolute Gasteiger partial charge is 0.496 e. The highest BCUT2D eigenvalue weighted by Crippen LogP contribution is 2.26. The lowest BCUT2D eigenvalue weighted by Gasteiger charge is -2.16. The van der Waals surface area contributed by atoms with Gasteiger partial charge >= 0.3 is 0 Å². The predicted molar refractivity (Wildman–Crippen MR) is 63.9 cm³/mol. The van der Waals surface area contributed by atoms with Crippen LogP contribution in [0, 0.1) is 0 Å². The predicted octanol–water partition coefficient (Wildman–Crippen LogP) is 2.05. The Morgan fingerprint density at radius 3 is 2.56 bits per heavy atom. The van der Waals surface area contributed by atoms with Crippen LogP contribution in [0.2, 0.25) is 0 Å². The molecule has 0 heterocycles. The molecule has 0 spiro atoms. The number of hydroxylamine groups is 2. The first-order valence-corrected chi connectivity index (χ1v) is 5.90. The molecule has 0 N–H and O–H groups in total. The summed E-state index contributed by atoms with van der Waals surface area (Å²) in [4.78, 5) is 17.8. The number of rotatable bonds is 4. The number of amides is 1. The Hall–Kier alpha value is -1.20. The smallest absolute Gasteiger partial charge is 0.280 e. The van der Waals surface area contributed by atoms with Gasteiger partial charge in [-0.3, -0.25) is 9.63 Å². The molecular formula is C11H15NO3S. The van der Waals surface area contributed by atoms with Gasteiger partial charge in [0.25, 0.3) is 5.91 Å². The first-order valence-electron chi connectivity index (χ1n) is 4.68. The van der Waals surface area contributed by atoms with E-state index in [1.54, 1.807) is 32.0 Å². The van der Waals surface area contributed by atoms with Crippen molar-refractivity contribution >= 4 is 17.7 Å². The molecule has 5 heteroatoms. The Balaban J connectivity index is 3.08. The van der Waals surface area contributed by atoms with E-state index in [0.29, 0.717) is 11.3 Å². The van der Waals surface area contributed by atoms with E-state index in [0.717, 1.165) is 9.96 Å². The maximum absolute atomic E-state index is 11.9. The lowest BCUT2D eigenvalue weighted by Crippen LogP contribution is -2.25. The van der Waals surface area contributed by atoms with Gasteiger partial charge in [-0.05, 0) is 24.5 Å². The van der Waals surface area contributed by atoms with Crippen LogP contribution in [0.25, 0.3) is 0 Å². The van der Waals surface area contributed by atoms with Crippen molar-refractivity contribution in [3.8, 4) is 5.75 Å². The van der Waals surface area contributed by atoms with E-state index in [1.165, 1.54) is 7.11 Å². The van der Waals surface area contributed by atoms with Crippen LogP contribution in [0.4, 0.5) is 0 Å². The molecule has 0 saturated carbocycles. The molecule has 16 heavy (non-hydrogen) atoms. The van der Waals surface area contributed by atoms with Gasteiger partial charge in [0, 0.05) is 11.9 Å². The first-order chi connectivity index (χ1) is 7.63. The minimum atomic E-state index is -0.230. The van der Waals surface area contributed by atoms with Gasteiger partial charge in [-0.25, -0.2) is 5.06 Å². The normalized spacial score (nSPS) is 10.0. The number of thioether (sulfide) groups is 1. The van der Waals surface area contributed by atoms with E-state index < -0.39 is 0 Å². The fourth-order valence-corrected chi connectivity index (χ4v) is 1.66. The molecule has 1 amide bonds. The van der Waals surface area contributed by atoms with Gasteiger partial charge in [0.1, 0.15) is 5.75 Å². The third kappa shape index (κ3) is 2.68. The SMILES string of the molecule is COc1cc(SC)ccc1C(=O)N(C)OC. The van der Waals surface area contributed by atoms with Gasteiger partial charge in [0.15, 0.2) is 0 Å². The average molecular weight is 241 g/mol. The van der Waals surface area contributed by atoms with Crippen molar-refractivity contribution < 1.29 is 14.4 Å². The average Bonchev–Trinajstić information content (AvgIpc) is 2.35. The lowest BCUT2D eigenvalue weighted by atomic mass is 10.2. The highest BCUT2D eigenvalue weighted by molar-refractivity contribution is 7.98. The summed E-state index contributed by atoms with van der Waals surface area (Å²) in [5.41, 5.74) is 0.490. The van der Waals surface area contributed by atoms with Gasteiger partial charge in [-0.15, -0.1) is 11.8 Å². The second-order valence-corrected chi connectivity index (χ2v) is 3.93. The molecule has 0 radical (unpaired) electrons. The number of methoxy groups -OCH3 is 1. The molecule has 0 aliphatic heterocycles. The molecule has 0 saturated heterocycles. The number of carbonyl (C=O) groups excluding carboxylic acids is 1. The number of benzene rings is 1. The summed E-state index contributed by atoms with van der Waals surface area (Å²) in [6.07, 6.45) is 1.97. The monoisotopic (exact) mass is 241 g/mol. The fourth-order valence-electron chi connectivity index (χ4n) is 1.23. The molecule has 1 aromatic rings. The highest BCUT2D eigenvalue weighted by atomic mass is 32.2. The summed E-state index contributed by atoms with van der Waals surface area (Å²) in [6.45, 7) is 0. The zero-order valence-corrected chi connectivity index (χ0v) is 10.6. The molecule has 0 aliphatic carbocycles. The third-order valence-electron chi connectivity index (χ3n) is 2.20. The number of hydrogen-bond acceptors (Lipinski definition) is 4. The lowest BCUT2D eigenvalue weighted by molar-refractivity contribution is -0.0758. The maximum Gasteiger partial charge on any atom is 0.280 e. The highest BCUT2D eigenvalue weighted by Gasteiger charge is 2.16. The van der Waals surface area contributed by atoms with Crippen molar-refractivity contribution in [2.45, 2.75) is 4.90 Å². The van der Waals surface area contributed by atoms with Crippen LogP contribution in [0.15, 0.2) is 23.1 Å². The van der Waals surface area contributed by atoms with Gasteiger partial charge in [0.2, 0.25) is 0 Å². The quantitative estimate of drug-likeness (QED) is 0.597. The minimum Gasteiger partial charge on any atom is -0.496 e. The molecule has 1 rings (SSSR count). The molecule has 0 unspecified atom stereocenters. The summed E-state index contributed by atoms with van der Waals surface area (Å²) < 4.78 is 5.19. The van der Waals surface area contributed by atoms with E-state index in [9.17, 15) is 4.79 Å². The second kappa shape index (κ2) is 5.77. The van der Waals surface area contributed by atoms with Crippen LogP contribution in [0.1, 0.15) is 10.4 Å². The summed E-state index contributed by atoms with van der Waals surface area (Å²) in [5, 5.41) is 1.16. The summed E-state index contributed by atoms with van der Waals surface area (Å²) in [7, 11) is 4.55. The number of hydrogen-bond donors (Lipinski definition) is 0. The molecule has 1 aromatic carbocycles. The number of carbonyl (C=O) groups is 1. The van der Waals surface area contributed by atoms with E-state index in [-0.39, 0.29) is 5.91 Å². The van der Waals surface area contributed by atoms with Crippen LogP contribution < -0.4 is 4.74 Å². The van der Waals surface area contributed by atoms with Gasteiger partial charge < -0.3 is 4.74 Å². The van der Waals surface area contributed by atoms with Crippen molar-refractivity contribution in [3.63, 3.8) is 0 Å². The first kappa shape index (κ1) is 12.9. The van der Waals surface area contributed by atoms with Crippen LogP contribution >= 0.6 is 11.8 Å². The molecule has 0 atom stereocenters. The van der Waals surface area contributed by atoms with Gasteiger partial charge in [-0.2, -0.15) is 0 Å². The maximum atomic E-state index is 11.9. The molecular weight excluding hydrogens is 226 g/mol. The summed E-state index contributed by atoms with van der Waals surface area (Å²) in [5.74, 6) is 0.327. The van der Waals surface area contributed by atoms with Crippen molar-refractivity contribution in [1.82, 2.24) is 5.06 Å². The van der Waals surface area contributed by atoms with Crippen molar-refractivity contribution in [2.75, 3.05) is 27.5 Å². The second-order valence-electron chi connectivity index (χ2n) is 3.05. The molecule has 4 nitrogen and oxygen atoms in total. The number of nitrogens with zero attached hydrogens (tertiary/aromatic N) is 1. The molecule has 0 aromatic heterocycles. The van der Waals surface area contributed by atoms with Crippen molar-refractivity contribution in [1.29, 1.82) is 0 Å². The Bertz CT molecular complexity index is 381. The standard InChI is InChI=1S/C11H15NO3S/c1-12(15-3)11(13)9-6-5-8(16-4)7-10(9)14-2/h5-7H,1-4H3.